The number of halogens is 1. The number of aliphatic hydroxyl groups excluding tert-OH is 1. The van der Waals surface area contributed by atoms with E-state index < -0.39 is 38.5 Å². The Labute approximate surface area is 187 Å². The average molecular weight is 480 g/mol. The van der Waals surface area contributed by atoms with Gasteiger partial charge in [-0.1, -0.05) is 12.1 Å². The van der Waals surface area contributed by atoms with E-state index in [0.29, 0.717) is 11.3 Å². The molecule has 1 fully saturated rings. The van der Waals surface area contributed by atoms with Gasteiger partial charge in [0.2, 0.25) is 5.95 Å². The van der Waals surface area contributed by atoms with E-state index in [1.807, 2.05) is 0 Å². The Morgan fingerprint density at radius 3 is 2.61 bits per heavy atom. The number of aliphatic hydroxyl groups is 1. The summed E-state index contributed by atoms with van der Waals surface area (Å²) in [6.07, 6.45) is -2.79. The van der Waals surface area contributed by atoms with Crippen molar-refractivity contribution in [3.8, 4) is 11.5 Å². The Balaban J connectivity index is 1.39. The van der Waals surface area contributed by atoms with E-state index in [-0.39, 0.29) is 23.1 Å². The predicted molar refractivity (Wildman–Crippen MR) is 115 cm³/mol. The fourth-order valence-corrected chi connectivity index (χ4v) is 5.09. The second kappa shape index (κ2) is 7.52. The van der Waals surface area contributed by atoms with Crippen molar-refractivity contribution in [2.24, 2.45) is 0 Å². The van der Waals surface area contributed by atoms with Crippen LogP contribution in [0.1, 0.15) is 13.2 Å². The first-order valence-corrected chi connectivity index (χ1v) is 11.5. The molecular weight excluding hydrogens is 458 g/mol. The lowest BCUT2D eigenvalue weighted by Gasteiger charge is -2.24. The number of hydrogen-bond donors (Lipinski definition) is 2. The van der Waals surface area contributed by atoms with Crippen molar-refractivity contribution in [1.29, 1.82) is 0 Å². The van der Waals surface area contributed by atoms with Crippen LogP contribution in [0.3, 0.4) is 0 Å². The van der Waals surface area contributed by atoms with Crippen molar-refractivity contribution in [2.75, 3.05) is 31.3 Å². The number of hydrogen-bond acceptors (Lipinski definition) is 11. The van der Waals surface area contributed by atoms with Gasteiger partial charge in [0, 0.05) is 14.1 Å². The zero-order valence-corrected chi connectivity index (χ0v) is 18.8. The van der Waals surface area contributed by atoms with Gasteiger partial charge in [-0.2, -0.15) is 9.97 Å². The molecule has 0 unspecified atom stereocenters. The number of alkyl halides is 1. The maximum absolute atomic E-state index is 15.7. The summed E-state index contributed by atoms with van der Waals surface area (Å²) in [6.45, 7) is 0.737. The highest BCUT2D eigenvalue weighted by Crippen LogP contribution is 2.59. The number of rotatable bonds is 5. The second-order valence-corrected chi connectivity index (χ2v) is 9.64. The minimum Gasteiger partial charge on any atom is -0.391 e. The number of fused-ring (bicyclic) bond motifs is 2. The van der Waals surface area contributed by atoms with E-state index in [4.69, 9.17) is 24.0 Å². The molecule has 12 nitrogen and oxygen atoms in total. The van der Waals surface area contributed by atoms with E-state index >= 15 is 4.39 Å². The number of imidazole rings is 1. The van der Waals surface area contributed by atoms with E-state index in [1.165, 1.54) is 17.8 Å². The van der Waals surface area contributed by atoms with E-state index in [9.17, 15) is 9.67 Å². The van der Waals surface area contributed by atoms with E-state index in [0.717, 1.165) is 0 Å². The topological polar surface area (TPSA) is 147 Å². The SMILES string of the molecule is CN(C)c1nc(N)nc2c1ncn2[C@@H]1O[C@H](COP2(=O)Oc3ccccc3O2)[C@@H](O)[C@@]1(C)F. The third-order valence-corrected chi connectivity index (χ3v) is 6.79. The Bertz CT molecular complexity index is 1240. The van der Waals surface area contributed by atoms with Crippen molar-refractivity contribution in [3.63, 3.8) is 0 Å². The number of phosphoric ester groups is 1. The monoisotopic (exact) mass is 480 g/mol. The fourth-order valence-electron chi connectivity index (χ4n) is 3.83. The molecular formula is C19H22FN6O6P. The summed E-state index contributed by atoms with van der Waals surface area (Å²) in [7, 11) is -0.471. The van der Waals surface area contributed by atoms with Gasteiger partial charge in [-0.15, -0.1) is 0 Å². The summed E-state index contributed by atoms with van der Waals surface area (Å²) >= 11 is 0. The zero-order valence-electron chi connectivity index (χ0n) is 18.0. The number of nitrogen functional groups attached to an aromatic ring is 1. The predicted octanol–water partition coefficient (Wildman–Crippen LogP) is 2.06. The zero-order chi connectivity index (χ0) is 23.5. The van der Waals surface area contributed by atoms with Crippen LogP contribution < -0.4 is 19.7 Å². The number of aromatic nitrogens is 4. The summed E-state index contributed by atoms with van der Waals surface area (Å²) in [4.78, 5) is 14.3. The van der Waals surface area contributed by atoms with Crippen LogP contribution in [0.4, 0.5) is 16.2 Å². The van der Waals surface area contributed by atoms with Gasteiger partial charge in [0.25, 0.3) is 0 Å². The maximum Gasteiger partial charge on any atom is 0.587 e. The van der Waals surface area contributed by atoms with Crippen LogP contribution in [0.15, 0.2) is 30.6 Å². The lowest BCUT2D eigenvalue weighted by Crippen LogP contribution is -2.40. The van der Waals surface area contributed by atoms with E-state index in [2.05, 4.69) is 15.0 Å². The molecule has 0 saturated carbocycles. The van der Waals surface area contributed by atoms with Crippen LogP contribution >= 0.6 is 7.82 Å². The Morgan fingerprint density at radius 1 is 1.30 bits per heavy atom. The van der Waals surface area contributed by atoms with Crippen LogP contribution in [0.2, 0.25) is 0 Å². The molecule has 1 saturated heterocycles. The number of para-hydroxylation sites is 2. The molecule has 0 bridgehead atoms. The number of benzene rings is 1. The number of ether oxygens (including phenoxy) is 1. The maximum atomic E-state index is 15.7. The molecule has 1 aromatic carbocycles. The molecule has 4 heterocycles. The molecule has 176 valence electrons. The standard InChI is InChI=1S/C19H22FN6O6P/c1-19(20)14(27)12(8-29-33(28)31-10-6-4-5-7-11(10)32-33)30-17(19)26-9-22-13-15(25(2)3)23-18(21)24-16(13)26/h4-7,9,12,14,17,27H,8H2,1-3H3,(H2,21,23,24)/t12-,14-,17-,19-/m1/s1. The summed E-state index contributed by atoms with van der Waals surface area (Å²) in [6, 6.07) is 6.53. The Hall–Kier alpha value is -2.99. The lowest BCUT2D eigenvalue weighted by molar-refractivity contribution is -0.0553. The molecule has 3 aromatic rings. The highest BCUT2D eigenvalue weighted by molar-refractivity contribution is 7.49. The number of anilines is 2. The van der Waals surface area contributed by atoms with Gasteiger partial charge in [0.15, 0.2) is 40.4 Å². The molecule has 2 aliphatic rings. The summed E-state index contributed by atoms with van der Waals surface area (Å²) in [5.74, 6) is 0.949. The normalized spacial score (nSPS) is 27.8. The highest BCUT2D eigenvalue weighted by Gasteiger charge is 2.56. The minimum absolute atomic E-state index is 0.0277. The van der Waals surface area contributed by atoms with Crippen LogP contribution in [-0.4, -0.2) is 63.2 Å². The van der Waals surface area contributed by atoms with Gasteiger partial charge in [0.05, 0.1) is 12.9 Å². The van der Waals surface area contributed by atoms with Crippen LogP contribution in [-0.2, 0) is 13.8 Å². The van der Waals surface area contributed by atoms with Crippen molar-refractivity contribution in [2.45, 2.75) is 31.0 Å². The third-order valence-electron chi connectivity index (χ3n) is 5.48. The summed E-state index contributed by atoms with van der Waals surface area (Å²) in [5.41, 5.74) is 4.18. The number of nitrogens with zero attached hydrogens (tertiary/aromatic N) is 5. The van der Waals surface area contributed by atoms with Crippen LogP contribution in [0, 0.1) is 0 Å². The van der Waals surface area contributed by atoms with Crippen LogP contribution in [0.25, 0.3) is 11.2 Å². The first-order valence-electron chi connectivity index (χ1n) is 10.0. The first-order chi connectivity index (χ1) is 15.6. The van der Waals surface area contributed by atoms with Crippen molar-refractivity contribution >= 4 is 30.8 Å². The quantitative estimate of drug-likeness (QED) is 0.517. The van der Waals surface area contributed by atoms with Gasteiger partial charge in [0.1, 0.15) is 12.2 Å². The van der Waals surface area contributed by atoms with Gasteiger partial charge in [-0.3, -0.25) is 9.09 Å². The molecule has 0 aliphatic carbocycles. The molecule has 5 rings (SSSR count). The summed E-state index contributed by atoms with van der Waals surface area (Å²) in [5, 5.41) is 10.6. The summed E-state index contributed by atoms with van der Waals surface area (Å²) < 4.78 is 51.5. The molecule has 0 spiro atoms. The van der Waals surface area contributed by atoms with Gasteiger partial charge < -0.3 is 29.5 Å². The molecule has 33 heavy (non-hydrogen) atoms. The Morgan fingerprint density at radius 2 is 1.97 bits per heavy atom. The van der Waals surface area contributed by atoms with Gasteiger partial charge in [-0.25, -0.2) is 13.9 Å². The van der Waals surface area contributed by atoms with Crippen molar-refractivity contribution < 1.29 is 32.4 Å². The number of nitrogens with two attached hydrogens (primary N) is 1. The van der Waals surface area contributed by atoms with Gasteiger partial charge in [-0.05, 0) is 19.1 Å². The molecule has 2 aliphatic heterocycles. The van der Waals surface area contributed by atoms with E-state index in [1.54, 1.807) is 43.3 Å². The first kappa shape index (κ1) is 21.8. The highest BCUT2D eigenvalue weighted by atomic mass is 31.2. The van der Waals surface area contributed by atoms with Crippen molar-refractivity contribution in [3.05, 3.63) is 30.6 Å². The third kappa shape index (κ3) is 3.57. The smallest absolute Gasteiger partial charge is 0.391 e. The molecule has 14 heteroatoms. The molecule has 4 atom stereocenters. The lowest BCUT2D eigenvalue weighted by atomic mass is 9.98. The van der Waals surface area contributed by atoms with Crippen LogP contribution in [0.5, 0.6) is 11.5 Å². The largest absolute Gasteiger partial charge is 0.587 e. The minimum atomic E-state index is -3.99. The molecule has 0 amide bonds. The molecule has 2 aromatic heterocycles. The second-order valence-electron chi connectivity index (χ2n) is 8.12. The number of phosphoric acid groups is 1. The molecule has 3 N–H and O–H groups in total. The average Bonchev–Trinajstić information content (AvgIpc) is 3.38. The Kier molecular flexibility index (Phi) is 4.98. The fraction of sp³-hybridized carbons (Fsp3) is 0.421. The van der Waals surface area contributed by atoms with Crippen molar-refractivity contribution in [1.82, 2.24) is 19.5 Å². The molecule has 0 radical (unpaired) electrons. The van der Waals surface area contributed by atoms with Gasteiger partial charge >= 0.3 is 7.82 Å².